The molecule has 7 nitrogen and oxygen atoms in total. The Balaban J connectivity index is 1.08. The number of benzene rings is 2. The summed E-state index contributed by atoms with van der Waals surface area (Å²) >= 11 is 1.72. The Kier molecular flexibility index (Phi) is 6.06. The minimum Gasteiger partial charge on any atom is -0.455 e. The first-order valence-corrected chi connectivity index (χ1v) is 13.9. The summed E-state index contributed by atoms with van der Waals surface area (Å²) in [5, 5.41) is 3.53. The standard InChI is InChI=1S/C30H28N4O3S/c35-29-16-22(11-12-31-29)34-13-14-36-26(18-34)23-4-2-6-27-30(23)37-25-10-9-20(15-28(25)38-27)32-17-21-3-1-5-24(33-21)19-7-8-19/h1-6,9-12,15-16,19,26,32H,7-8,13-14,17-18H2,(H,31,35). The van der Waals surface area contributed by atoms with Gasteiger partial charge in [0.15, 0.2) is 0 Å². The average molecular weight is 525 g/mol. The normalized spacial score (nSPS) is 18.3. The zero-order chi connectivity index (χ0) is 25.5. The monoisotopic (exact) mass is 524 g/mol. The number of fused-ring (bicyclic) bond motifs is 2. The Labute approximate surface area is 225 Å². The molecule has 7 rings (SSSR count). The van der Waals surface area contributed by atoms with Gasteiger partial charge in [-0.1, -0.05) is 30.0 Å². The molecular formula is C30H28N4O3S. The van der Waals surface area contributed by atoms with E-state index in [2.05, 4.69) is 63.7 Å². The highest BCUT2D eigenvalue weighted by atomic mass is 32.2. The summed E-state index contributed by atoms with van der Waals surface area (Å²) in [4.78, 5) is 23.7. The largest absolute Gasteiger partial charge is 0.455 e. The second-order valence-electron chi connectivity index (χ2n) is 9.94. The van der Waals surface area contributed by atoms with Crippen LogP contribution in [0.2, 0.25) is 0 Å². The van der Waals surface area contributed by atoms with Gasteiger partial charge in [-0.3, -0.25) is 9.78 Å². The van der Waals surface area contributed by atoms with Crippen molar-refractivity contribution in [2.45, 2.75) is 41.2 Å². The van der Waals surface area contributed by atoms with Crippen LogP contribution in [0.1, 0.15) is 41.8 Å². The number of hydrogen-bond donors (Lipinski definition) is 2. The minimum atomic E-state index is -0.153. The van der Waals surface area contributed by atoms with Gasteiger partial charge in [0.2, 0.25) is 5.56 Å². The lowest BCUT2D eigenvalue weighted by atomic mass is 10.1. The van der Waals surface area contributed by atoms with Gasteiger partial charge in [-0.15, -0.1) is 0 Å². The van der Waals surface area contributed by atoms with Gasteiger partial charge in [0, 0.05) is 53.9 Å². The molecule has 0 bridgehead atoms. The van der Waals surface area contributed by atoms with Gasteiger partial charge >= 0.3 is 0 Å². The third-order valence-electron chi connectivity index (χ3n) is 7.22. The van der Waals surface area contributed by atoms with Crippen molar-refractivity contribution in [3.8, 4) is 11.5 Å². The molecule has 1 saturated heterocycles. The summed E-state index contributed by atoms with van der Waals surface area (Å²) in [5.41, 5.74) is 5.15. The summed E-state index contributed by atoms with van der Waals surface area (Å²) < 4.78 is 12.7. The van der Waals surface area contributed by atoms with E-state index in [9.17, 15) is 4.79 Å². The molecule has 2 aliphatic heterocycles. The first kappa shape index (κ1) is 23.4. The van der Waals surface area contributed by atoms with E-state index in [1.807, 2.05) is 12.1 Å². The maximum absolute atomic E-state index is 11.8. The summed E-state index contributed by atoms with van der Waals surface area (Å²) in [7, 11) is 0. The van der Waals surface area contributed by atoms with Gasteiger partial charge in [0.25, 0.3) is 0 Å². The molecule has 1 saturated carbocycles. The lowest BCUT2D eigenvalue weighted by molar-refractivity contribution is 0.0383. The van der Waals surface area contributed by atoms with E-state index in [1.165, 1.54) is 18.5 Å². The molecule has 2 fully saturated rings. The molecule has 0 amide bonds. The fourth-order valence-corrected chi connectivity index (χ4v) is 6.12. The summed E-state index contributed by atoms with van der Waals surface area (Å²) in [6.45, 7) is 2.66. The smallest absolute Gasteiger partial charge is 0.249 e. The maximum atomic E-state index is 11.8. The van der Waals surface area contributed by atoms with Crippen molar-refractivity contribution in [3.63, 3.8) is 0 Å². The molecule has 3 aliphatic rings. The van der Waals surface area contributed by atoms with E-state index in [-0.39, 0.29) is 11.7 Å². The van der Waals surface area contributed by atoms with E-state index >= 15 is 0 Å². The van der Waals surface area contributed by atoms with Crippen LogP contribution in [0.4, 0.5) is 11.4 Å². The van der Waals surface area contributed by atoms with Gasteiger partial charge < -0.3 is 24.7 Å². The van der Waals surface area contributed by atoms with Crippen molar-refractivity contribution in [2.24, 2.45) is 0 Å². The van der Waals surface area contributed by atoms with Crippen LogP contribution in [0, 0.1) is 0 Å². The second kappa shape index (κ2) is 9.85. The van der Waals surface area contributed by atoms with Crippen molar-refractivity contribution < 1.29 is 9.47 Å². The van der Waals surface area contributed by atoms with Crippen LogP contribution in [0.25, 0.3) is 0 Å². The number of nitrogens with one attached hydrogen (secondary N) is 2. The SMILES string of the molecule is O=c1cc(N2CCOC(c3cccc4c3Oc3ccc(NCc5cccc(C6CC6)n5)cc3S4)C2)cc[nH]1. The zero-order valence-electron chi connectivity index (χ0n) is 20.9. The van der Waals surface area contributed by atoms with Crippen molar-refractivity contribution in [3.05, 3.63) is 100 Å². The molecule has 1 unspecified atom stereocenters. The van der Waals surface area contributed by atoms with Gasteiger partial charge in [-0.25, -0.2) is 0 Å². The third kappa shape index (κ3) is 4.77. The van der Waals surface area contributed by atoms with Gasteiger partial charge in [-0.2, -0.15) is 0 Å². The zero-order valence-corrected chi connectivity index (χ0v) is 21.7. The quantitative estimate of drug-likeness (QED) is 0.278. The Bertz CT molecular complexity index is 1550. The van der Waals surface area contributed by atoms with E-state index in [4.69, 9.17) is 14.5 Å². The number of pyridine rings is 2. The Morgan fingerprint density at radius 2 is 1.97 bits per heavy atom. The maximum Gasteiger partial charge on any atom is 0.249 e. The van der Waals surface area contributed by atoms with Crippen LogP contribution in [0.3, 0.4) is 0 Å². The first-order chi connectivity index (χ1) is 18.7. The molecule has 0 radical (unpaired) electrons. The van der Waals surface area contributed by atoms with Crippen LogP contribution in [-0.2, 0) is 11.3 Å². The number of rotatable bonds is 6. The number of aromatic amines is 1. The number of anilines is 2. The third-order valence-corrected chi connectivity index (χ3v) is 8.30. The number of morpholine rings is 1. The summed E-state index contributed by atoms with van der Waals surface area (Å²) in [6.07, 6.45) is 4.05. The van der Waals surface area contributed by atoms with E-state index < -0.39 is 0 Å². The number of aromatic nitrogens is 2. The topological polar surface area (TPSA) is 79.5 Å². The van der Waals surface area contributed by atoms with Crippen LogP contribution >= 0.6 is 11.8 Å². The molecule has 8 heteroatoms. The summed E-state index contributed by atoms with van der Waals surface area (Å²) in [5.74, 6) is 2.35. The molecule has 4 aromatic rings. The lowest BCUT2D eigenvalue weighted by Crippen LogP contribution is -2.39. The Morgan fingerprint density at radius 3 is 2.87 bits per heavy atom. The fraction of sp³-hybridized carbons (Fsp3) is 0.267. The lowest BCUT2D eigenvalue weighted by Gasteiger charge is -2.35. The number of para-hydroxylation sites is 1. The fourth-order valence-electron chi connectivity index (χ4n) is 5.08. The molecule has 0 spiro atoms. The number of hydrogen-bond acceptors (Lipinski definition) is 7. The highest BCUT2D eigenvalue weighted by Crippen LogP contribution is 2.50. The molecule has 38 heavy (non-hydrogen) atoms. The minimum absolute atomic E-state index is 0.101. The Hall–Kier alpha value is -3.75. The van der Waals surface area contributed by atoms with Gasteiger partial charge in [-0.05, 0) is 55.3 Å². The second-order valence-corrected chi connectivity index (χ2v) is 11.0. The highest BCUT2D eigenvalue weighted by molar-refractivity contribution is 7.99. The average Bonchev–Trinajstić information content (AvgIpc) is 3.81. The van der Waals surface area contributed by atoms with E-state index in [1.54, 1.807) is 24.0 Å². The molecule has 1 atom stereocenters. The number of nitrogens with zero attached hydrogens (tertiary/aromatic N) is 2. The van der Waals surface area contributed by atoms with E-state index in [0.717, 1.165) is 50.5 Å². The molecule has 2 aromatic heterocycles. The number of H-pyrrole nitrogens is 1. The molecule has 2 N–H and O–H groups in total. The molecular weight excluding hydrogens is 496 g/mol. The molecule has 2 aromatic carbocycles. The van der Waals surface area contributed by atoms with Crippen LogP contribution in [-0.4, -0.2) is 29.7 Å². The van der Waals surface area contributed by atoms with Crippen LogP contribution in [0.5, 0.6) is 11.5 Å². The van der Waals surface area contributed by atoms with Gasteiger partial charge in [0.05, 0.1) is 28.6 Å². The van der Waals surface area contributed by atoms with Crippen molar-refractivity contribution >= 4 is 23.1 Å². The van der Waals surface area contributed by atoms with Crippen molar-refractivity contribution in [2.75, 3.05) is 29.9 Å². The predicted molar refractivity (Wildman–Crippen MR) is 149 cm³/mol. The number of ether oxygens (including phenoxy) is 2. The molecule has 192 valence electrons. The van der Waals surface area contributed by atoms with Crippen LogP contribution < -0.4 is 20.5 Å². The predicted octanol–water partition coefficient (Wildman–Crippen LogP) is 6.09. The van der Waals surface area contributed by atoms with Crippen LogP contribution in [0.15, 0.2) is 87.5 Å². The van der Waals surface area contributed by atoms with Crippen molar-refractivity contribution in [1.29, 1.82) is 0 Å². The van der Waals surface area contributed by atoms with Crippen molar-refractivity contribution in [1.82, 2.24) is 9.97 Å². The highest BCUT2D eigenvalue weighted by Gasteiger charge is 2.29. The van der Waals surface area contributed by atoms with E-state index in [0.29, 0.717) is 25.6 Å². The first-order valence-electron chi connectivity index (χ1n) is 13.1. The Morgan fingerprint density at radius 1 is 1.05 bits per heavy atom. The molecule has 1 aliphatic carbocycles. The summed E-state index contributed by atoms with van der Waals surface area (Å²) in [6, 6.07) is 22.4. The molecule has 4 heterocycles. The van der Waals surface area contributed by atoms with Gasteiger partial charge in [0.1, 0.15) is 17.6 Å².